The fourth-order valence-electron chi connectivity index (χ4n) is 4.76. The molecular weight excluding hydrogens is 579 g/mol. The Hall–Kier alpha value is -1.47. The number of esters is 2. The smallest absolute Gasteiger partial charge is 0.462 e. The van der Waals surface area contributed by atoms with Gasteiger partial charge in [-0.15, -0.1) is 0 Å². The molecule has 0 radical (unpaired) electrons. The van der Waals surface area contributed by atoms with E-state index in [4.69, 9.17) is 19.3 Å². The van der Waals surface area contributed by atoms with Crippen molar-refractivity contribution in [2.75, 3.05) is 13.2 Å². The van der Waals surface area contributed by atoms with Gasteiger partial charge in [-0.25, -0.2) is 4.57 Å². The maximum Gasteiger partial charge on any atom is 0.469 e. The average Bonchev–Trinajstić information content (AvgIpc) is 2.98. The Morgan fingerprint density at radius 1 is 0.568 bits per heavy atom. The minimum absolute atomic E-state index is 0.201. The summed E-state index contributed by atoms with van der Waals surface area (Å²) in [7, 11) is -4.75. The summed E-state index contributed by atoms with van der Waals surface area (Å²) in [6.45, 7) is 3.60. The zero-order valence-corrected chi connectivity index (χ0v) is 29.0. The van der Waals surface area contributed by atoms with Gasteiger partial charge >= 0.3 is 19.8 Å². The van der Waals surface area contributed by atoms with Crippen LogP contribution >= 0.6 is 7.82 Å². The van der Waals surface area contributed by atoms with Gasteiger partial charge in [0.25, 0.3) is 0 Å². The molecular formula is C35H65O8P. The predicted molar refractivity (Wildman–Crippen MR) is 179 cm³/mol. The number of carbonyl (C=O) groups is 2. The van der Waals surface area contributed by atoms with Gasteiger partial charge < -0.3 is 19.3 Å². The summed E-state index contributed by atoms with van der Waals surface area (Å²) >= 11 is 0. The summed E-state index contributed by atoms with van der Waals surface area (Å²) < 4.78 is 26.2. The molecule has 0 heterocycles. The number of unbranched alkanes of at least 4 members (excludes halogenated alkanes) is 18. The van der Waals surface area contributed by atoms with Crippen LogP contribution in [0.15, 0.2) is 24.3 Å². The third-order valence-electron chi connectivity index (χ3n) is 7.44. The third-order valence-corrected chi connectivity index (χ3v) is 7.93. The molecule has 258 valence electrons. The van der Waals surface area contributed by atoms with Crippen molar-refractivity contribution in [3.8, 4) is 0 Å². The molecule has 9 heteroatoms. The Balaban J connectivity index is 4.00. The van der Waals surface area contributed by atoms with Crippen molar-refractivity contribution < 1.29 is 37.9 Å². The molecule has 0 amide bonds. The largest absolute Gasteiger partial charge is 0.469 e. The van der Waals surface area contributed by atoms with E-state index in [1.165, 1.54) is 57.8 Å². The Kier molecular flexibility index (Phi) is 30.5. The molecule has 0 aromatic carbocycles. The molecule has 0 aromatic rings. The Labute approximate surface area is 269 Å². The number of allylic oxidation sites excluding steroid dienone is 4. The highest BCUT2D eigenvalue weighted by molar-refractivity contribution is 7.46. The van der Waals surface area contributed by atoms with Gasteiger partial charge in [0.05, 0.1) is 6.61 Å². The molecule has 44 heavy (non-hydrogen) atoms. The van der Waals surface area contributed by atoms with Crippen LogP contribution in [-0.4, -0.2) is 41.0 Å². The minimum Gasteiger partial charge on any atom is -0.462 e. The fourth-order valence-corrected chi connectivity index (χ4v) is 5.12. The summed E-state index contributed by atoms with van der Waals surface area (Å²) in [5.41, 5.74) is 0. The molecule has 0 saturated carbocycles. The maximum absolute atomic E-state index is 12.3. The molecule has 0 aliphatic heterocycles. The average molecular weight is 645 g/mol. The first-order chi connectivity index (χ1) is 21.3. The van der Waals surface area contributed by atoms with Crippen LogP contribution in [0.3, 0.4) is 0 Å². The lowest BCUT2D eigenvalue weighted by molar-refractivity contribution is -0.161. The Bertz CT molecular complexity index is 777. The number of phosphoric acid groups is 1. The molecule has 0 aromatic heterocycles. The molecule has 8 nitrogen and oxygen atoms in total. The van der Waals surface area contributed by atoms with Crippen LogP contribution in [0, 0.1) is 0 Å². The minimum atomic E-state index is -4.75. The van der Waals surface area contributed by atoms with Crippen LogP contribution in [0.2, 0.25) is 0 Å². The number of hydrogen-bond acceptors (Lipinski definition) is 6. The van der Waals surface area contributed by atoms with Gasteiger partial charge in [-0.3, -0.25) is 14.1 Å². The number of phosphoric ester groups is 1. The standard InChI is InChI=1S/C35H65O8P/c1-3-5-7-9-11-13-15-16-17-18-20-21-23-25-27-29-34(36)41-31-33(32-42-44(38,39)40)43-35(37)30-28-26-24-22-19-14-12-10-8-6-4-2/h10,12,16-17,33H,3-9,11,13-15,18-32H2,1-2H3,(H2,38,39,40)/b12-10+,17-16-/t33-/m1/s1. The van der Waals surface area contributed by atoms with Crippen LogP contribution in [0.1, 0.15) is 168 Å². The van der Waals surface area contributed by atoms with E-state index in [1.807, 2.05) is 0 Å². The first kappa shape index (κ1) is 42.5. The number of rotatable bonds is 32. The number of ether oxygens (including phenoxy) is 2. The van der Waals surface area contributed by atoms with Crippen LogP contribution in [0.4, 0.5) is 0 Å². The molecule has 0 fully saturated rings. The highest BCUT2D eigenvalue weighted by atomic mass is 31.2. The summed E-state index contributed by atoms with van der Waals surface area (Å²) in [5, 5.41) is 0. The van der Waals surface area contributed by atoms with Crippen molar-refractivity contribution in [1.29, 1.82) is 0 Å². The van der Waals surface area contributed by atoms with Gasteiger partial charge in [0.15, 0.2) is 6.10 Å². The van der Waals surface area contributed by atoms with Crippen LogP contribution < -0.4 is 0 Å². The molecule has 0 spiro atoms. The number of carbonyl (C=O) groups excluding carboxylic acids is 2. The predicted octanol–water partition coefficient (Wildman–Crippen LogP) is 10.1. The first-order valence-electron chi connectivity index (χ1n) is 17.6. The monoisotopic (exact) mass is 644 g/mol. The van der Waals surface area contributed by atoms with Crippen LogP contribution in [0.25, 0.3) is 0 Å². The topological polar surface area (TPSA) is 119 Å². The van der Waals surface area contributed by atoms with Crippen molar-refractivity contribution in [2.24, 2.45) is 0 Å². The van der Waals surface area contributed by atoms with Crippen molar-refractivity contribution in [3.63, 3.8) is 0 Å². The second-order valence-electron chi connectivity index (χ2n) is 11.8. The zero-order valence-electron chi connectivity index (χ0n) is 28.1. The highest BCUT2D eigenvalue weighted by Gasteiger charge is 2.22. The van der Waals surface area contributed by atoms with E-state index >= 15 is 0 Å². The first-order valence-corrected chi connectivity index (χ1v) is 19.2. The quantitative estimate of drug-likeness (QED) is 0.0321. The van der Waals surface area contributed by atoms with Crippen LogP contribution in [0.5, 0.6) is 0 Å². The van der Waals surface area contributed by atoms with Gasteiger partial charge in [0.2, 0.25) is 0 Å². The highest BCUT2D eigenvalue weighted by Crippen LogP contribution is 2.36. The van der Waals surface area contributed by atoms with Crippen molar-refractivity contribution in [2.45, 2.75) is 174 Å². The Morgan fingerprint density at radius 2 is 0.977 bits per heavy atom. The zero-order chi connectivity index (χ0) is 32.6. The molecule has 0 unspecified atom stereocenters. The molecule has 0 bridgehead atoms. The van der Waals surface area contributed by atoms with Crippen molar-refractivity contribution >= 4 is 19.8 Å². The second kappa shape index (κ2) is 31.5. The van der Waals surface area contributed by atoms with E-state index in [9.17, 15) is 14.2 Å². The summed E-state index contributed by atoms with van der Waals surface area (Å²) in [6, 6.07) is 0. The van der Waals surface area contributed by atoms with Gasteiger partial charge in [0.1, 0.15) is 6.61 Å². The normalized spacial score (nSPS) is 12.7. The van der Waals surface area contributed by atoms with Crippen molar-refractivity contribution in [1.82, 2.24) is 0 Å². The SMILES string of the molecule is CCCC/C=C/CCCCCCCC(=O)O[C@H](COC(=O)CCCCCCC/C=C\CCCCCCCC)COP(=O)(O)O. The molecule has 0 rings (SSSR count). The van der Waals surface area contributed by atoms with Crippen molar-refractivity contribution in [3.05, 3.63) is 24.3 Å². The lowest BCUT2D eigenvalue weighted by atomic mass is 10.1. The van der Waals surface area contributed by atoms with E-state index in [0.717, 1.165) is 70.6 Å². The van der Waals surface area contributed by atoms with Crippen LogP contribution in [-0.2, 0) is 28.2 Å². The van der Waals surface area contributed by atoms with E-state index in [2.05, 4.69) is 42.7 Å². The van der Waals surface area contributed by atoms with E-state index in [1.54, 1.807) is 0 Å². The fraction of sp³-hybridized carbons (Fsp3) is 0.829. The van der Waals surface area contributed by atoms with Gasteiger partial charge in [0, 0.05) is 12.8 Å². The summed E-state index contributed by atoms with van der Waals surface area (Å²) in [5.74, 6) is -0.906. The Morgan fingerprint density at radius 3 is 1.45 bits per heavy atom. The summed E-state index contributed by atoms with van der Waals surface area (Å²) in [6.07, 6.45) is 33.3. The molecule has 1 atom stereocenters. The number of hydrogen-bond donors (Lipinski definition) is 2. The molecule has 0 aliphatic carbocycles. The van der Waals surface area contributed by atoms with Gasteiger partial charge in [-0.2, -0.15) is 0 Å². The van der Waals surface area contributed by atoms with Gasteiger partial charge in [-0.1, -0.05) is 122 Å². The molecule has 2 N–H and O–H groups in total. The molecule has 0 aliphatic rings. The van der Waals surface area contributed by atoms with Gasteiger partial charge in [-0.05, 0) is 57.8 Å². The third kappa shape index (κ3) is 33.4. The summed E-state index contributed by atoms with van der Waals surface area (Å²) in [4.78, 5) is 42.5. The second-order valence-corrected chi connectivity index (χ2v) is 13.1. The lowest BCUT2D eigenvalue weighted by Crippen LogP contribution is -2.29. The van der Waals surface area contributed by atoms with E-state index in [0.29, 0.717) is 12.8 Å². The molecule has 0 saturated heterocycles. The lowest BCUT2D eigenvalue weighted by Gasteiger charge is -2.18. The van der Waals surface area contributed by atoms with E-state index in [-0.39, 0.29) is 19.4 Å². The maximum atomic E-state index is 12.3. The van der Waals surface area contributed by atoms with E-state index < -0.39 is 32.5 Å².